The molecular formula is C24H25N3O3. The zero-order valence-corrected chi connectivity index (χ0v) is 16.8. The van der Waals surface area contributed by atoms with Gasteiger partial charge in [-0.25, -0.2) is 4.79 Å². The number of hydrogen-bond donors (Lipinski definition) is 3. The van der Waals surface area contributed by atoms with Crippen LogP contribution in [0.5, 0.6) is 5.75 Å². The van der Waals surface area contributed by atoms with E-state index >= 15 is 0 Å². The van der Waals surface area contributed by atoms with Crippen LogP contribution in [0.3, 0.4) is 0 Å². The highest BCUT2D eigenvalue weighted by Gasteiger charge is 2.16. The molecule has 3 aromatic carbocycles. The number of nitrogens with one attached hydrogen (secondary N) is 3. The summed E-state index contributed by atoms with van der Waals surface area (Å²) in [5.41, 5.74) is 2.65. The Bertz CT molecular complexity index is 905. The van der Waals surface area contributed by atoms with E-state index in [2.05, 4.69) is 16.0 Å². The fourth-order valence-electron chi connectivity index (χ4n) is 3.02. The van der Waals surface area contributed by atoms with Crippen LogP contribution in [-0.4, -0.2) is 25.6 Å². The largest absolute Gasteiger partial charge is 0.497 e. The molecule has 0 aliphatic heterocycles. The SMILES string of the molecule is COc1ccc(NC(=O)NCCC(=O)NC(c2ccccc2)c2ccccc2)cc1. The Morgan fingerprint density at radius 1 is 0.833 bits per heavy atom. The minimum Gasteiger partial charge on any atom is -0.497 e. The predicted molar refractivity (Wildman–Crippen MR) is 118 cm³/mol. The average molecular weight is 403 g/mol. The topological polar surface area (TPSA) is 79.5 Å². The van der Waals surface area contributed by atoms with E-state index in [-0.39, 0.29) is 30.9 Å². The maximum atomic E-state index is 12.5. The molecule has 3 rings (SSSR count). The summed E-state index contributed by atoms with van der Waals surface area (Å²) < 4.78 is 5.09. The van der Waals surface area contributed by atoms with E-state index in [0.717, 1.165) is 11.1 Å². The Hall–Kier alpha value is -3.80. The molecule has 30 heavy (non-hydrogen) atoms. The van der Waals surface area contributed by atoms with Gasteiger partial charge >= 0.3 is 6.03 Å². The lowest BCUT2D eigenvalue weighted by atomic mass is 9.98. The van der Waals surface area contributed by atoms with Crippen LogP contribution < -0.4 is 20.7 Å². The van der Waals surface area contributed by atoms with Crippen LogP contribution in [0.25, 0.3) is 0 Å². The molecule has 0 spiro atoms. The fraction of sp³-hybridized carbons (Fsp3) is 0.167. The second-order valence-electron chi connectivity index (χ2n) is 6.68. The quantitative estimate of drug-likeness (QED) is 0.529. The summed E-state index contributed by atoms with van der Waals surface area (Å²) >= 11 is 0. The Labute approximate surface area is 176 Å². The number of carbonyl (C=O) groups is 2. The predicted octanol–water partition coefficient (Wildman–Crippen LogP) is 4.11. The van der Waals surface area contributed by atoms with Gasteiger partial charge in [0.2, 0.25) is 5.91 Å². The summed E-state index contributed by atoms with van der Waals surface area (Å²) in [5.74, 6) is 0.571. The van der Waals surface area contributed by atoms with E-state index in [1.54, 1.807) is 31.4 Å². The number of hydrogen-bond acceptors (Lipinski definition) is 3. The van der Waals surface area contributed by atoms with Crippen molar-refractivity contribution in [3.05, 3.63) is 96.1 Å². The van der Waals surface area contributed by atoms with E-state index in [9.17, 15) is 9.59 Å². The molecule has 0 aromatic heterocycles. The van der Waals surface area contributed by atoms with Gasteiger partial charge in [-0.1, -0.05) is 60.7 Å². The molecule has 6 nitrogen and oxygen atoms in total. The molecule has 0 saturated carbocycles. The molecular weight excluding hydrogens is 378 g/mol. The van der Waals surface area contributed by atoms with E-state index in [4.69, 9.17) is 4.74 Å². The first-order valence-electron chi connectivity index (χ1n) is 9.74. The summed E-state index contributed by atoms with van der Waals surface area (Å²) in [6.45, 7) is 0.226. The van der Waals surface area contributed by atoms with Crippen LogP contribution in [0, 0.1) is 0 Å². The zero-order valence-electron chi connectivity index (χ0n) is 16.8. The van der Waals surface area contributed by atoms with Gasteiger partial charge in [-0.05, 0) is 35.4 Å². The van der Waals surface area contributed by atoms with Crippen LogP contribution in [0.15, 0.2) is 84.9 Å². The molecule has 154 valence electrons. The fourth-order valence-corrected chi connectivity index (χ4v) is 3.02. The highest BCUT2D eigenvalue weighted by Crippen LogP contribution is 2.21. The van der Waals surface area contributed by atoms with Gasteiger partial charge in [0.25, 0.3) is 0 Å². The Morgan fingerprint density at radius 2 is 1.40 bits per heavy atom. The van der Waals surface area contributed by atoms with Crippen molar-refractivity contribution in [2.24, 2.45) is 0 Å². The third-order valence-corrected chi connectivity index (χ3v) is 4.56. The zero-order chi connectivity index (χ0) is 21.2. The number of anilines is 1. The van der Waals surface area contributed by atoms with Gasteiger partial charge in [0, 0.05) is 18.7 Å². The number of methoxy groups -OCH3 is 1. The van der Waals surface area contributed by atoms with Gasteiger partial charge in [0.15, 0.2) is 0 Å². The van der Waals surface area contributed by atoms with Crippen molar-refractivity contribution in [2.75, 3.05) is 19.0 Å². The third kappa shape index (κ3) is 6.10. The number of amides is 3. The summed E-state index contributed by atoms with van der Waals surface area (Å²) in [7, 11) is 1.58. The van der Waals surface area contributed by atoms with Crippen molar-refractivity contribution in [3.63, 3.8) is 0 Å². The van der Waals surface area contributed by atoms with Crippen LogP contribution >= 0.6 is 0 Å². The lowest BCUT2D eigenvalue weighted by Crippen LogP contribution is -2.35. The van der Waals surface area contributed by atoms with E-state index < -0.39 is 0 Å². The summed E-state index contributed by atoms with van der Waals surface area (Å²) in [5, 5.41) is 8.48. The molecule has 3 aromatic rings. The highest BCUT2D eigenvalue weighted by atomic mass is 16.5. The monoisotopic (exact) mass is 403 g/mol. The first-order chi connectivity index (χ1) is 14.7. The molecule has 0 aliphatic rings. The Morgan fingerprint density at radius 3 is 1.93 bits per heavy atom. The van der Waals surface area contributed by atoms with E-state index in [1.807, 2.05) is 60.7 Å². The van der Waals surface area contributed by atoms with Gasteiger partial charge < -0.3 is 20.7 Å². The second-order valence-corrected chi connectivity index (χ2v) is 6.68. The summed E-state index contributed by atoms with van der Waals surface area (Å²) in [6, 6.07) is 26.0. The van der Waals surface area contributed by atoms with Crippen molar-refractivity contribution in [1.29, 1.82) is 0 Å². The maximum Gasteiger partial charge on any atom is 0.319 e. The molecule has 0 unspecified atom stereocenters. The molecule has 3 amide bonds. The van der Waals surface area contributed by atoms with Crippen molar-refractivity contribution in [2.45, 2.75) is 12.5 Å². The average Bonchev–Trinajstić information content (AvgIpc) is 2.79. The van der Waals surface area contributed by atoms with E-state index in [1.165, 1.54) is 0 Å². The van der Waals surface area contributed by atoms with Crippen molar-refractivity contribution < 1.29 is 14.3 Å². The molecule has 0 heterocycles. The number of benzene rings is 3. The van der Waals surface area contributed by atoms with Crippen LogP contribution in [-0.2, 0) is 4.79 Å². The summed E-state index contributed by atoms with van der Waals surface area (Å²) in [6.07, 6.45) is 0.173. The van der Waals surface area contributed by atoms with Crippen LogP contribution in [0.4, 0.5) is 10.5 Å². The molecule has 0 saturated heterocycles. The molecule has 0 atom stereocenters. The number of rotatable bonds is 8. The first-order valence-corrected chi connectivity index (χ1v) is 9.74. The maximum absolute atomic E-state index is 12.5. The standard InChI is InChI=1S/C24H25N3O3/c1-30-21-14-12-20(13-15-21)26-24(29)25-17-16-22(28)27-23(18-8-4-2-5-9-18)19-10-6-3-7-11-19/h2-15,23H,16-17H2,1H3,(H,27,28)(H2,25,26,29). The summed E-state index contributed by atoms with van der Waals surface area (Å²) in [4.78, 5) is 24.5. The minimum absolute atomic E-state index is 0.141. The number of carbonyl (C=O) groups excluding carboxylic acids is 2. The van der Waals surface area contributed by atoms with Crippen LogP contribution in [0.2, 0.25) is 0 Å². The molecule has 0 fully saturated rings. The second kappa shape index (κ2) is 10.7. The third-order valence-electron chi connectivity index (χ3n) is 4.56. The van der Waals surface area contributed by atoms with Gasteiger partial charge in [0.1, 0.15) is 5.75 Å². The van der Waals surface area contributed by atoms with Crippen molar-refractivity contribution in [1.82, 2.24) is 10.6 Å². The number of urea groups is 1. The molecule has 3 N–H and O–H groups in total. The normalized spacial score (nSPS) is 10.3. The lowest BCUT2D eigenvalue weighted by Gasteiger charge is -2.20. The van der Waals surface area contributed by atoms with Gasteiger partial charge in [-0.15, -0.1) is 0 Å². The van der Waals surface area contributed by atoms with Gasteiger partial charge in [0.05, 0.1) is 13.2 Å². The molecule has 6 heteroatoms. The van der Waals surface area contributed by atoms with Crippen LogP contribution in [0.1, 0.15) is 23.6 Å². The van der Waals surface area contributed by atoms with Gasteiger partial charge in [-0.2, -0.15) is 0 Å². The minimum atomic E-state index is -0.365. The molecule has 0 bridgehead atoms. The molecule has 0 radical (unpaired) electrons. The lowest BCUT2D eigenvalue weighted by molar-refractivity contribution is -0.121. The highest BCUT2D eigenvalue weighted by molar-refractivity contribution is 5.89. The Kier molecular flexibility index (Phi) is 7.44. The Balaban J connectivity index is 1.51. The smallest absolute Gasteiger partial charge is 0.319 e. The van der Waals surface area contributed by atoms with E-state index in [0.29, 0.717) is 11.4 Å². The van der Waals surface area contributed by atoms with Gasteiger partial charge in [-0.3, -0.25) is 4.79 Å². The van der Waals surface area contributed by atoms with Crippen molar-refractivity contribution in [3.8, 4) is 5.75 Å². The molecule has 0 aliphatic carbocycles. The first kappa shape index (κ1) is 20.9. The van der Waals surface area contributed by atoms with Crippen molar-refractivity contribution >= 4 is 17.6 Å². The number of ether oxygens (including phenoxy) is 1.